The Labute approximate surface area is 327 Å². The standard InChI is InChI=1S/C51H32N4S/c1-4-16-33(17-5-1)36-22-14-23-37(32-36)38-30-31-42(51-53-49(34-18-6-2-7-19-34)52-50(54-51)35-20-8-3-9-21-35)46-41-26-15-29-45(47(41)56-48(38)46)55-43-27-12-10-24-39(43)40-25-11-13-28-44(40)55/h1-32H. The summed E-state index contributed by atoms with van der Waals surface area (Å²) in [5.74, 6) is 1.94. The van der Waals surface area contributed by atoms with Crippen LogP contribution in [0.5, 0.6) is 0 Å². The van der Waals surface area contributed by atoms with Gasteiger partial charge in [0.15, 0.2) is 17.5 Å². The summed E-state index contributed by atoms with van der Waals surface area (Å²) in [7, 11) is 0. The van der Waals surface area contributed by atoms with E-state index in [4.69, 9.17) is 15.0 Å². The fourth-order valence-electron chi connectivity index (χ4n) is 8.08. The van der Waals surface area contributed by atoms with Crippen molar-refractivity contribution in [3.63, 3.8) is 0 Å². The van der Waals surface area contributed by atoms with Crippen LogP contribution in [0.4, 0.5) is 0 Å². The van der Waals surface area contributed by atoms with Gasteiger partial charge in [-0.1, -0.05) is 164 Å². The summed E-state index contributed by atoms with van der Waals surface area (Å²) in [6.45, 7) is 0. The molecule has 0 fully saturated rings. The molecule has 56 heavy (non-hydrogen) atoms. The molecule has 0 aliphatic heterocycles. The molecule has 0 bridgehead atoms. The lowest BCUT2D eigenvalue weighted by molar-refractivity contribution is 1.08. The molecule has 262 valence electrons. The van der Waals surface area contributed by atoms with Crippen LogP contribution >= 0.6 is 11.3 Å². The number of aromatic nitrogens is 4. The molecule has 0 radical (unpaired) electrons. The summed E-state index contributed by atoms with van der Waals surface area (Å²) in [6.07, 6.45) is 0. The van der Waals surface area contributed by atoms with Gasteiger partial charge in [-0.2, -0.15) is 0 Å². The quantitative estimate of drug-likeness (QED) is 0.171. The zero-order valence-corrected chi connectivity index (χ0v) is 31.0. The molecule has 0 saturated carbocycles. The van der Waals surface area contributed by atoms with Crippen LogP contribution < -0.4 is 0 Å². The predicted octanol–water partition coefficient (Wildman–Crippen LogP) is 13.7. The molecule has 8 aromatic carbocycles. The van der Waals surface area contributed by atoms with Gasteiger partial charge in [0.1, 0.15) is 0 Å². The maximum absolute atomic E-state index is 5.22. The van der Waals surface area contributed by atoms with Gasteiger partial charge in [0.2, 0.25) is 0 Å². The maximum atomic E-state index is 5.22. The van der Waals surface area contributed by atoms with Gasteiger partial charge in [0.25, 0.3) is 0 Å². The summed E-state index contributed by atoms with van der Waals surface area (Å²) in [6, 6.07) is 68.5. The van der Waals surface area contributed by atoms with Gasteiger partial charge >= 0.3 is 0 Å². The third kappa shape index (κ3) is 5.32. The highest BCUT2D eigenvalue weighted by Crippen LogP contribution is 2.47. The molecule has 0 saturated heterocycles. The Morgan fingerprint density at radius 1 is 0.339 bits per heavy atom. The molecular formula is C51H32N4S. The van der Waals surface area contributed by atoms with Crippen LogP contribution in [-0.2, 0) is 0 Å². The lowest BCUT2D eigenvalue weighted by Gasteiger charge is -2.12. The first-order valence-electron chi connectivity index (χ1n) is 18.8. The van der Waals surface area contributed by atoms with Gasteiger partial charge in [-0.3, -0.25) is 0 Å². The molecule has 3 heterocycles. The van der Waals surface area contributed by atoms with Crippen molar-refractivity contribution in [1.82, 2.24) is 19.5 Å². The number of rotatable bonds is 6. The number of nitrogens with zero attached hydrogens (tertiary/aromatic N) is 4. The molecule has 5 heteroatoms. The van der Waals surface area contributed by atoms with Gasteiger partial charge in [-0.05, 0) is 52.6 Å². The van der Waals surface area contributed by atoms with Crippen molar-refractivity contribution < 1.29 is 0 Å². The van der Waals surface area contributed by atoms with E-state index in [-0.39, 0.29) is 0 Å². The van der Waals surface area contributed by atoms with Gasteiger partial charge < -0.3 is 4.57 Å². The number of benzene rings is 8. The van der Waals surface area contributed by atoms with Crippen molar-refractivity contribution in [3.8, 4) is 62.1 Å². The zero-order chi connectivity index (χ0) is 37.0. The van der Waals surface area contributed by atoms with Gasteiger partial charge in [-0.15, -0.1) is 11.3 Å². The minimum atomic E-state index is 0.646. The molecule has 0 spiro atoms. The summed E-state index contributed by atoms with van der Waals surface area (Å²) in [5, 5.41) is 4.79. The van der Waals surface area contributed by atoms with Crippen LogP contribution in [0.15, 0.2) is 194 Å². The lowest BCUT2D eigenvalue weighted by atomic mass is 9.95. The minimum Gasteiger partial charge on any atom is -0.308 e. The summed E-state index contributed by atoms with van der Waals surface area (Å²) in [4.78, 5) is 15.5. The Balaban J connectivity index is 1.23. The number of hydrogen-bond acceptors (Lipinski definition) is 4. The first kappa shape index (κ1) is 32.2. The Hall–Kier alpha value is -7.21. The van der Waals surface area contributed by atoms with Crippen molar-refractivity contribution in [2.24, 2.45) is 0 Å². The second-order valence-corrected chi connectivity index (χ2v) is 15.0. The third-order valence-corrected chi connectivity index (χ3v) is 11.9. The van der Waals surface area contributed by atoms with Gasteiger partial charge in [0, 0.05) is 42.9 Å². The van der Waals surface area contributed by atoms with Crippen LogP contribution in [0.2, 0.25) is 0 Å². The van der Waals surface area contributed by atoms with Crippen LogP contribution in [0.3, 0.4) is 0 Å². The van der Waals surface area contributed by atoms with Crippen molar-refractivity contribution in [3.05, 3.63) is 194 Å². The highest BCUT2D eigenvalue weighted by atomic mass is 32.1. The molecule has 0 atom stereocenters. The molecule has 3 aromatic heterocycles. The minimum absolute atomic E-state index is 0.646. The van der Waals surface area contributed by atoms with Gasteiger partial charge in [-0.25, -0.2) is 15.0 Å². The van der Waals surface area contributed by atoms with E-state index in [2.05, 4.69) is 162 Å². The largest absolute Gasteiger partial charge is 0.308 e. The second kappa shape index (κ2) is 13.3. The number of para-hydroxylation sites is 2. The van der Waals surface area contributed by atoms with Gasteiger partial charge in [0.05, 0.1) is 21.4 Å². The third-order valence-electron chi connectivity index (χ3n) is 10.7. The average Bonchev–Trinajstić information content (AvgIpc) is 3.84. The molecule has 4 nitrogen and oxygen atoms in total. The topological polar surface area (TPSA) is 43.6 Å². The van der Waals surface area contributed by atoms with E-state index in [1.165, 1.54) is 58.8 Å². The second-order valence-electron chi connectivity index (χ2n) is 14.0. The predicted molar refractivity (Wildman–Crippen MR) is 234 cm³/mol. The molecule has 0 unspecified atom stereocenters. The van der Waals surface area contributed by atoms with Crippen molar-refractivity contribution >= 4 is 53.3 Å². The summed E-state index contributed by atoms with van der Waals surface area (Å²) < 4.78 is 4.84. The van der Waals surface area contributed by atoms with E-state index in [9.17, 15) is 0 Å². The number of fused-ring (bicyclic) bond motifs is 6. The fourth-order valence-corrected chi connectivity index (χ4v) is 9.45. The Morgan fingerprint density at radius 3 is 1.46 bits per heavy atom. The summed E-state index contributed by atoms with van der Waals surface area (Å²) in [5.41, 5.74) is 11.1. The highest BCUT2D eigenvalue weighted by molar-refractivity contribution is 7.27. The van der Waals surface area contributed by atoms with E-state index < -0.39 is 0 Å². The Morgan fingerprint density at radius 2 is 0.821 bits per heavy atom. The van der Waals surface area contributed by atoms with Crippen molar-refractivity contribution in [2.75, 3.05) is 0 Å². The maximum Gasteiger partial charge on any atom is 0.164 e. The molecule has 0 aliphatic rings. The first-order valence-corrected chi connectivity index (χ1v) is 19.6. The molecule has 11 aromatic rings. The average molecular weight is 733 g/mol. The van der Waals surface area contributed by atoms with E-state index in [0.717, 1.165) is 27.8 Å². The molecule has 0 N–H and O–H groups in total. The SMILES string of the molecule is c1ccc(-c2cccc(-c3ccc(-c4nc(-c5ccccc5)nc(-c5ccccc5)n4)c4c3sc3c(-n5c6ccccc6c6ccccc65)cccc34)c2)cc1. The molecule has 0 aliphatic carbocycles. The number of thiophene rings is 1. The normalized spacial score (nSPS) is 11.6. The first-order chi connectivity index (χ1) is 27.8. The van der Waals surface area contributed by atoms with E-state index >= 15 is 0 Å². The van der Waals surface area contributed by atoms with Crippen LogP contribution in [0, 0.1) is 0 Å². The number of hydrogen-bond donors (Lipinski definition) is 0. The van der Waals surface area contributed by atoms with Crippen LogP contribution in [0.25, 0.3) is 104 Å². The fraction of sp³-hybridized carbons (Fsp3) is 0. The van der Waals surface area contributed by atoms with Crippen LogP contribution in [0.1, 0.15) is 0 Å². The monoisotopic (exact) mass is 732 g/mol. The lowest BCUT2D eigenvalue weighted by Crippen LogP contribution is -2.00. The smallest absolute Gasteiger partial charge is 0.164 e. The molecule has 0 amide bonds. The zero-order valence-electron chi connectivity index (χ0n) is 30.2. The molecule has 11 rings (SSSR count). The summed E-state index contributed by atoms with van der Waals surface area (Å²) >= 11 is 1.84. The van der Waals surface area contributed by atoms with Crippen LogP contribution in [-0.4, -0.2) is 19.5 Å². The van der Waals surface area contributed by atoms with E-state index in [0.29, 0.717) is 17.5 Å². The molecular weight excluding hydrogens is 701 g/mol. The Bertz CT molecular complexity index is 3130. The Kier molecular flexibility index (Phi) is 7.64. The highest BCUT2D eigenvalue weighted by Gasteiger charge is 2.22. The van der Waals surface area contributed by atoms with Crippen molar-refractivity contribution in [2.45, 2.75) is 0 Å². The van der Waals surface area contributed by atoms with E-state index in [1.807, 2.05) is 47.7 Å². The van der Waals surface area contributed by atoms with Crippen molar-refractivity contribution in [1.29, 1.82) is 0 Å². The van der Waals surface area contributed by atoms with E-state index in [1.54, 1.807) is 0 Å².